The third-order valence-electron chi connectivity index (χ3n) is 5.49. The van der Waals surface area contributed by atoms with E-state index >= 15 is 0 Å². The minimum Gasteiger partial charge on any atom is -0.454 e. The Balaban J connectivity index is 1.31. The Labute approximate surface area is 169 Å². The summed E-state index contributed by atoms with van der Waals surface area (Å²) in [5.74, 6) is 0.793. The smallest absolute Gasteiger partial charge is 0.410 e. The van der Waals surface area contributed by atoms with Crippen LogP contribution >= 0.6 is 0 Å². The molecule has 1 aromatic rings. The molecule has 3 aliphatic rings. The van der Waals surface area contributed by atoms with Crippen LogP contribution in [0.15, 0.2) is 12.1 Å². The van der Waals surface area contributed by atoms with Crippen molar-refractivity contribution in [3.63, 3.8) is 0 Å². The lowest BCUT2D eigenvalue weighted by Gasteiger charge is -2.33. The Hall–Kier alpha value is -2.77. The van der Waals surface area contributed by atoms with Crippen LogP contribution in [0.2, 0.25) is 0 Å². The first-order chi connectivity index (χ1) is 13.7. The van der Waals surface area contributed by atoms with Gasteiger partial charge < -0.3 is 19.1 Å². The van der Waals surface area contributed by atoms with Crippen molar-refractivity contribution in [2.45, 2.75) is 45.6 Å². The van der Waals surface area contributed by atoms with Crippen molar-refractivity contribution in [2.24, 2.45) is 5.92 Å². The molecule has 0 atom stereocenters. The second kappa shape index (κ2) is 7.24. The number of carbonyl (C=O) groups excluding carboxylic acids is 3. The standard InChI is InChI=1S/C21H26N2O6/c1-21(2,3)29-20(26)22-7-4-13(5-8-22)6-9-23-18(24)14-10-16-17(28-12-27-16)11-15(14)19(23)25/h10-11,13H,4-9,12H2,1-3H3. The van der Waals surface area contributed by atoms with Crippen LogP contribution in [0.3, 0.4) is 0 Å². The molecule has 4 rings (SSSR count). The largest absolute Gasteiger partial charge is 0.454 e. The number of ether oxygens (including phenoxy) is 3. The van der Waals surface area contributed by atoms with Gasteiger partial charge in [0, 0.05) is 19.6 Å². The molecule has 0 aliphatic carbocycles. The summed E-state index contributed by atoms with van der Waals surface area (Å²) in [4.78, 5) is 40.6. The summed E-state index contributed by atoms with van der Waals surface area (Å²) in [7, 11) is 0. The molecule has 8 nitrogen and oxygen atoms in total. The van der Waals surface area contributed by atoms with E-state index in [0.29, 0.717) is 48.2 Å². The molecule has 0 saturated carbocycles. The number of amides is 3. The number of fused-ring (bicyclic) bond motifs is 2. The Kier molecular flexibility index (Phi) is 4.88. The van der Waals surface area contributed by atoms with Gasteiger partial charge in [-0.1, -0.05) is 0 Å². The highest BCUT2D eigenvalue weighted by atomic mass is 16.7. The van der Waals surface area contributed by atoms with Crippen LogP contribution in [0, 0.1) is 5.92 Å². The molecule has 3 amide bonds. The van der Waals surface area contributed by atoms with Crippen molar-refractivity contribution in [2.75, 3.05) is 26.4 Å². The minimum absolute atomic E-state index is 0.103. The fraction of sp³-hybridized carbons (Fsp3) is 0.571. The Morgan fingerprint density at radius 1 is 1.07 bits per heavy atom. The van der Waals surface area contributed by atoms with Gasteiger partial charge in [0.1, 0.15) is 5.60 Å². The van der Waals surface area contributed by atoms with Crippen LogP contribution in [-0.4, -0.2) is 59.7 Å². The van der Waals surface area contributed by atoms with Crippen LogP contribution in [0.1, 0.15) is 60.7 Å². The Bertz CT molecular complexity index is 808. The summed E-state index contributed by atoms with van der Waals surface area (Å²) in [6.45, 7) is 7.29. The summed E-state index contributed by atoms with van der Waals surface area (Å²) in [5, 5.41) is 0. The number of hydrogen-bond donors (Lipinski definition) is 0. The number of hydrogen-bond acceptors (Lipinski definition) is 6. The van der Waals surface area contributed by atoms with Crippen LogP contribution in [0.25, 0.3) is 0 Å². The average Bonchev–Trinajstić information content (AvgIpc) is 3.21. The fourth-order valence-corrected chi connectivity index (χ4v) is 3.92. The van der Waals surface area contributed by atoms with Gasteiger partial charge in [-0.25, -0.2) is 4.79 Å². The van der Waals surface area contributed by atoms with Crippen molar-refractivity contribution in [3.8, 4) is 11.5 Å². The number of benzene rings is 1. The topological polar surface area (TPSA) is 85.4 Å². The molecule has 0 unspecified atom stereocenters. The zero-order valence-electron chi connectivity index (χ0n) is 17.0. The lowest BCUT2D eigenvalue weighted by Crippen LogP contribution is -2.42. The second-order valence-electron chi connectivity index (χ2n) is 8.71. The zero-order chi connectivity index (χ0) is 20.8. The number of rotatable bonds is 3. The first kappa shape index (κ1) is 19.5. The Morgan fingerprint density at radius 2 is 1.62 bits per heavy atom. The molecular formula is C21H26N2O6. The van der Waals surface area contributed by atoms with E-state index in [1.54, 1.807) is 17.0 Å². The first-order valence-corrected chi connectivity index (χ1v) is 10.0. The van der Waals surface area contributed by atoms with Gasteiger partial charge in [-0.05, 0) is 58.1 Å². The molecule has 29 heavy (non-hydrogen) atoms. The summed E-state index contributed by atoms with van der Waals surface area (Å²) in [5.41, 5.74) is 0.244. The van der Waals surface area contributed by atoms with Crippen molar-refractivity contribution < 1.29 is 28.6 Å². The van der Waals surface area contributed by atoms with Crippen molar-refractivity contribution in [1.82, 2.24) is 9.80 Å². The molecule has 8 heteroatoms. The van der Waals surface area contributed by atoms with E-state index in [0.717, 1.165) is 19.3 Å². The van der Waals surface area contributed by atoms with Gasteiger partial charge >= 0.3 is 6.09 Å². The number of imide groups is 1. The molecule has 1 aromatic carbocycles. The maximum atomic E-state index is 12.7. The lowest BCUT2D eigenvalue weighted by atomic mass is 9.93. The quantitative estimate of drug-likeness (QED) is 0.723. The van der Waals surface area contributed by atoms with Crippen LogP contribution in [-0.2, 0) is 4.74 Å². The molecule has 1 fully saturated rings. The van der Waals surface area contributed by atoms with Crippen molar-refractivity contribution >= 4 is 17.9 Å². The molecule has 1 saturated heterocycles. The SMILES string of the molecule is CC(C)(C)OC(=O)N1CCC(CCN2C(=O)c3cc4c(cc3C2=O)OCO4)CC1. The molecule has 0 spiro atoms. The highest BCUT2D eigenvalue weighted by Crippen LogP contribution is 2.38. The third kappa shape index (κ3) is 3.88. The van der Waals surface area contributed by atoms with Crippen LogP contribution in [0.5, 0.6) is 11.5 Å². The van der Waals surface area contributed by atoms with Crippen molar-refractivity contribution in [1.29, 1.82) is 0 Å². The fourth-order valence-electron chi connectivity index (χ4n) is 3.92. The second-order valence-corrected chi connectivity index (χ2v) is 8.71. The van der Waals surface area contributed by atoms with E-state index in [9.17, 15) is 14.4 Å². The van der Waals surface area contributed by atoms with Gasteiger partial charge in [0.05, 0.1) is 11.1 Å². The normalized spacial score (nSPS) is 19.0. The summed E-state index contributed by atoms with van der Waals surface area (Å²) in [6, 6.07) is 3.19. The van der Waals surface area contributed by atoms with Gasteiger partial charge in [0.2, 0.25) is 6.79 Å². The van der Waals surface area contributed by atoms with E-state index in [-0.39, 0.29) is 24.7 Å². The lowest BCUT2D eigenvalue weighted by molar-refractivity contribution is 0.0179. The summed E-state index contributed by atoms with van der Waals surface area (Å²) in [6.07, 6.45) is 2.10. The monoisotopic (exact) mass is 402 g/mol. The van der Waals surface area contributed by atoms with E-state index in [2.05, 4.69) is 0 Å². The average molecular weight is 402 g/mol. The number of piperidine rings is 1. The molecule has 0 N–H and O–H groups in total. The first-order valence-electron chi connectivity index (χ1n) is 10.0. The van der Waals surface area contributed by atoms with E-state index in [1.165, 1.54) is 4.90 Å². The van der Waals surface area contributed by atoms with Gasteiger partial charge in [-0.3, -0.25) is 14.5 Å². The van der Waals surface area contributed by atoms with Gasteiger partial charge in [-0.2, -0.15) is 0 Å². The summed E-state index contributed by atoms with van der Waals surface area (Å²) >= 11 is 0. The van der Waals surface area contributed by atoms with Gasteiger partial charge in [-0.15, -0.1) is 0 Å². The molecule has 0 bridgehead atoms. The minimum atomic E-state index is -0.504. The van der Waals surface area contributed by atoms with Crippen LogP contribution in [0.4, 0.5) is 4.79 Å². The third-order valence-corrected chi connectivity index (χ3v) is 5.49. The van der Waals surface area contributed by atoms with Gasteiger partial charge in [0.15, 0.2) is 11.5 Å². The van der Waals surface area contributed by atoms with E-state index in [1.807, 2.05) is 20.8 Å². The predicted octanol–water partition coefficient (Wildman–Crippen LogP) is 3.05. The molecule has 3 aliphatic heterocycles. The maximum Gasteiger partial charge on any atom is 0.410 e. The number of likely N-dealkylation sites (tertiary alicyclic amines) is 1. The summed E-state index contributed by atoms with van der Waals surface area (Å²) < 4.78 is 16.0. The van der Waals surface area contributed by atoms with E-state index < -0.39 is 5.60 Å². The van der Waals surface area contributed by atoms with Crippen LogP contribution < -0.4 is 9.47 Å². The molecule has 0 aromatic heterocycles. The Morgan fingerprint density at radius 3 is 2.14 bits per heavy atom. The predicted molar refractivity (Wildman–Crippen MR) is 103 cm³/mol. The van der Waals surface area contributed by atoms with Crippen molar-refractivity contribution in [3.05, 3.63) is 23.3 Å². The van der Waals surface area contributed by atoms with Gasteiger partial charge in [0.25, 0.3) is 11.8 Å². The van der Waals surface area contributed by atoms with E-state index in [4.69, 9.17) is 14.2 Å². The maximum absolute atomic E-state index is 12.7. The zero-order valence-corrected chi connectivity index (χ0v) is 17.0. The number of nitrogens with zero attached hydrogens (tertiary/aromatic N) is 2. The molecule has 3 heterocycles. The highest BCUT2D eigenvalue weighted by Gasteiger charge is 2.38. The molecule has 0 radical (unpaired) electrons. The number of carbonyl (C=O) groups is 3. The highest BCUT2D eigenvalue weighted by molar-refractivity contribution is 6.21. The molecule has 156 valence electrons. The molecular weight excluding hydrogens is 376 g/mol.